The maximum Gasteiger partial charge on any atom is 0.123 e. The summed E-state index contributed by atoms with van der Waals surface area (Å²) in [6.07, 6.45) is 5.49. The van der Waals surface area contributed by atoms with Crippen LogP contribution in [0.1, 0.15) is 5.56 Å². The van der Waals surface area contributed by atoms with Crippen LogP contribution in [0.4, 0.5) is 5.69 Å². The molecule has 0 atom stereocenters. The van der Waals surface area contributed by atoms with Crippen LogP contribution in [0.25, 0.3) is 0 Å². The lowest BCUT2D eigenvalue weighted by Gasteiger charge is -2.13. The average molecular weight is 308 g/mol. The van der Waals surface area contributed by atoms with Crippen LogP contribution in [0, 0.1) is 0 Å². The van der Waals surface area contributed by atoms with Crippen molar-refractivity contribution in [2.45, 2.75) is 13.1 Å². The Kier molecular flexibility index (Phi) is 5.26. The quantitative estimate of drug-likeness (QED) is 0.628. The molecule has 118 valence electrons. The highest BCUT2D eigenvalue weighted by Gasteiger charge is 2.02. The number of para-hydroxylation sites is 2. The predicted molar refractivity (Wildman–Crippen MR) is 91.1 cm³/mol. The summed E-state index contributed by atoms with van der Waals surface area (Å²) in [6.45, 7) is 2.07. The molecule has 5 nitrogen and oxygen atoms in total. The normalized spacial score (nSPS) is 10.4. The Labute approximate surface area is 135 Å². The predicted octanol–water partition coefficient (Wildman–Crippen LogP) is 3.08. The Morgan fingerprint density at radius 1 is 1.00 bits per heavy atom. The van der Waals surface area contributed by atoms with Gasteiger partial charge in [-0.15, -0.1) is 0 Å². The summed E-state index contributed by atoms with van der Waals surface area (Å²) in [5.74, 6) is 0.898. The van der Waals surface area contributed by atoms with E-state index in [-0.39, 0.29) is 0 Å². The summed E-state index contributed by atoms with van der Waals surface area (Å²) in [6, 6.07) is 18.1. The first-order valence-corrected chi connectivity index (χ1v) is 7.62. The van der Waals surface area contributed by atoms with Crippen LogP contribution in [0.5, 0.6) is 5.75 Å². The van der Waals surface area contributed by atoms with Gasteiger partial charge in [-0.2, -0.15) is 0 Å². The third-order valence-corrected chi connectivity index (χ3v) is 3.42. The third-order valence-electron chi connectivity index (χ3n) is 3.42. The Balaban J connectivity index is 1.50. The molecule has 2 N–H and O–H groups in total. The number of aromatic nitrogens is 2. The minimum absolute atomic E-state index is 0.611. The van der Waals surface area contributed by atoms with Gasteiger partial charge in [-0.1, -0.05) is 36.4 Å². The molecule has 0 bridgehead atoms. The molecular weight excluding hydrogens is 288 g/mol. The van der Waals surface area contributed by atoms with E-state index in [0.717, 1.165) is 23.5 Å². The van der Waals surface area contributed by atoms with E-state index in [9.17, 15) is 0 Å². The molecular formula is C18H20N4O. The highest BCUT2D eigenvalue weighted by atomic mass is 16.5. The fourth-order valence-corrected chi connectivity index (χ4v) is 2.23. The Morgan fingerprint density at radius 3 is 2.65 bits per heavy atom. The molecule has 0 unspecified atom stereocenters. The lowest BCUT2D eigenvalue weighted by atomic mass is 10.2. The zero-order valence-corrected chi connectivity index (χ0v) is 12.9. The van der Waals surface area contributed by atoms with Crippen LogP contribution in [-0.4, -0.2) is 16.2 Å². The molecule has 0 aliphatic heterocycles. The number of anilines is 1. The van der Waals surface area contributed by atoms with Crippen molar-refractivity contribution in [3.8, 4) is 5.75 Å². The number of hydrazine groups is 1. The van der Waals surface area contributed by atoms with Crippen molar-refractivity contribution in [3.63, 3.8) is 0 Å². The van der Waals surface area contributed by atoms with Gasteiger partial charge in [0.2, 0.25) is 0 Å². The molecule has 23 heavy (non-hydrogen) atoms. The van der Waals surface area contributed by atoms with E-state index in [1.54, 1.807) is 12.5 Å². The third kappa shape index (κ3) is 4.59. The number of rotatable bonds is 8. The number of hydrogen-bond donors (Lipinski definition) is 2. The van der Waals surface area contributed by atoms with Crippen molar-refractivity contribution in [2.24, 2.45) is 0 Å². The van der Waals surface area contributed by atoms with E-state index in [1.165, 1.54) is 0 Å². The molecule has 3 rings (SSSR count). The van der Waals surface area contributed by atoms with Crippen molar-refractivity contribution in [2.75, 3.05) is 12.0 Å². The van der Waals surface area contributed by atoms with E-state index in [0.29, 0.717) is 13.2 Å². The van der Waals surface area contributed by atoms with Crippen LogP contribution in [0.3, 0.4) is 0 Å². The Bertz CT molecular complexity index is 698. The van der Waals surface area contributed by atoms with Gasteiger partial charge in [0.1, 0.15) is 12.4 Å². The summed E-state index contributed by atoms with van der Waals surface area (Å²) in [5.41, 5.74) is 8.54. The molecule has 0 amide bonds. The van der Waals surface area contributed by atoms with Crippen LogP contribution in [0.2, 0.25) is 0 Å². The van der Waals surface area contributed by atoms with Gasteiger partial charge < -0.3 is 14.7 Å². The van der Waals surface area contributed by atoms with Crippen molar-refractivity contribution >= 4 is 5.69 Å². The van der Waals surface area contributed by atoms with E-state index < -0.39 is 0 Å². The number of nitrogens with zero attached hydrogens (tertiary/aromatic N) is 2. The summed E-state index contributed by atoms with van der Waals surface area (Å²) in [5, 5.41) is 0. The zero-order valence-electron chi connectivity index (χ0n) is 12.9. The molecule has 1 heterocycles. The second-order valence-corrected chi connectivity index (χ2v) is 5.10. The molecule has 5 heteroatoms. The molecule has 0 aliphatic carbocycles. The second kappa shape index (κ2) is 8.00. The molecule has 1 aromatic heterocycles. The van der Waals surface area contributed by atoms with Gasteiger partial charge in [0.15, 0.2) is 0 Å². The first-order valence-electron chi connectivity index (χ1n) is 7.62. The van der Waals surface area contributed by atoms with Gasteiger partial charge in [0.05, 0.1) is 12.9 Å². The van der Waals surface area contributed by atoms with Crippen molar-refractivity contribution in [3.05, 3.63) is 78.9 Å². The largest absolute Gasteiger partial charge is 0.491 e. The lowest BCUT2D eigenvalue weighted by molar-refractivity contribution is 0.295. The molecule has 3 aromatic rings. The first kappa shape index (κ1) is 15.1. The number of hydrogen-bond acceptors (Lipinski definition) is 4. The highest BCUT2D eigenvalue weighted by molar-refractivity contribution is 5.41. The van der Waals surface area contributed by atoms with Crippen molar-refractivity contribution in [1.29, 1.82) is 0 Å². The van der Waals surface area contributed by atoms with Gasteiger partial charge in [0, 0.05) is 30.2 Å². The fourth-order valence-electron chi connectivity index (χ4n) is 2.23. The van der Waals surface area contributed by atoms with E-state index in [2.05, 4.69) is 21.9 Å². The van der Waals surface area contributed by atoms with Crippen LogP contribution in [-0.2, 0) is 13.1 Å². The van der Waals surface area contributed by atoms with E-state index in [1.807, 2.05) is 59.3 Å². The van der Waals surface area contributed by atoms with Gasteiger partial charge in [-0.3, -0.25) is 0 Å². The van der Waals surface area contributed by atoms with Gasteiger partial charge in [-0.05, 0) is 18.2 Å². The standard InChI is InChI=1S/C18H20N4O/c1-2-7-17(8-3-1)21-20-14-16-6-4-5-9-18(16)23-13-12-22-11-10-19-15-22/h1-11,15,20-21H,12-14H2. The Hall–Kier alpha value is -2.79. The summed E-state index contributed by atoms with van der Waals surface area (Å²) in [7, 11) is 0. The van der Waals surface area contributed by atoms with Gasteiger partial charge in [0.25, 0.3) is 0 Å². The Morgan fingerprint density at radius 2 is 1.83 bits per heavy atom. The monoisotopic (exact) mass is 308 g/mol. The molecule has 2 aromatic carbocycles. The zero-order chi connectivity index (χ0) is 15.7. The van der Waals surface area contributed by atoms with Crippen LogP contribution < -0.4 is 15.6 Å². The maximum absolute atomic E-state index is 5.90. The number of imidazole rings is 1. The van der Waals surface area contributed by atoms with Crippen LogP contribution in [0.15, 0.2) is 73.3 Å². The van der Waals surface area contributed by atoms with Crippen molar-refractivity contribution in [1.82, 2.24) is 15.0 Å². The minimum Gasteiger partial charge on any atom is -0.491 e. The minimum atomic E-state index is 0.611. The molecule has 0 radical (unpaired) electrons. The van der Waals surface area contributed by atoms with Crippen LogP contribution >= 0.6 is 0 Å². The molecule has 0 saturated heterocycles. The highest BCUT2D eigenvalue weighted by Crippen LogP contribution is 2.17. The molecule has 0 fully saturated rings. The van der Waals surface area contributed by atoms with Gasteiger partial charge in [-0.25, -0.2) is 10.4 Å². The lowest BCUT2D eigenvalue weighted by Crippen LogP contribution is -2.21. The van der Waals surface area contributed by atoms with E-state index >= 15 is 0 Å². The second-order valence-electron chi connectivity index (χ2n) is 5.10. The SMILES string of the molecule is c1ccc(NNCc2ccccc2OCCn2ccnc2)cc1. The first-order chi connectivity index (χ1) is 11.4. The van der Waals surface area contributed by atoms with Gasteiger partial charge >= 0.3 is 0 Å². The number of nitrogens with one attached hydrogen (secondary N) is 2. The average Bonchev–Trinajstić information content (AvgIpc) is 3.11. The topological polar surface area (TPSA) is 51.1 Å². The summed E-state index contributed by atoms with van der Waals surface area (Å²) in [4.78, 5) is 4.02. The smallest absolute Gasteiger partial charge is 0.123 e. The van der Waals surface area contributed by atoms with Crippen molar-refractivity contribution < 1.29 is 4.74 Å². The molecule has 0 aliphatic rings. The molecule has 0 spiro atoms. The summed E-state index contributed by atoms with van der Waals surface area (Å²) < 4.78 is 7.89. The summed E-state index contributed by atoms with van der Waals surface area (Å²) >= 11 is 0. The maximum atomic E-state index is 5.90. The molecule has 0 saturated carbocycles. The number of ether oxygens (including phenoxy) is 1. The van der Waals surface area contributed by atoms with E-state index in [4.69, 9.17) is 4.74 Å². The number of benzene rings is 2. The fraction of sp³-hybridized carbons (Fsp3) is 0.167.